The lowest BCUT2D eigenvalue weighted by molar-refractivity contribution is -0.0511. The molecule has 4 heterocycles. The van der Waals surface area contributed by atoms with Gasteiger partial charge in [-0.2, -0.15) is 9.97 Å². The number of hydrogen-bond donors (Lipinski definition) is 4. The smallest absolute Gasteiger partial charge is 0.228 e. The first-order valence-electron chi connectivity index (χ1n) is 11.1. The SMILES string of the molecule is CC(CSc1nc2ccccc2s1)Nc1nc(N(C)C)nc2c1ncn2[C@@H]1O[C@H](CO)C(O)C1O. The van der Waals surface area contributed by atoms with Crippen molar-refractivity contribution in [1.82, 2.24) is 24.5 Å². The Hall–Kier alpha value is -2.55. The van der Waals surface area contributed by atoms with Crippen molar-refractivity contribution in [3.8, 4) is 0 Å². The van der Waals surface area contributed by atoms with Gasteiger partial charge in [-0.15, -0.1) is 11.3 Å². The van der Waals surface area contributed by atoms with Crippen molar-refractivity contribution in [3.63, 3.8) is 0 Å². The van der Waals surface area contributed by atoms with E-state index in [1.165, 1.54) is 11.0 Å². The van der Waals surface area contributed by atoms with Crippen molar-refractivity contribution in [2.75, 3.05) is 36.7 Å². The van der Waals surface area contributed by atoms with Crippen LogP contribution in [0.25, 0.3) is 21.4 Å². The molecule has 0 bridgehead atoms. The molecule has 0 spiro atoms. The molecule has 3 unspecified atom stereocenters. The molecular weight excluding hydrogens is 490 g/mol. The molecule has 1 saturated heterocycles. The van der Waals surface area contributed by atoms with E-state index in [4.69, 9.17) is 4.74 Å². The van der Waals surface area contributed by atoms with Gasteiger partial charge in [0.15, 0.2) is 27.5 Å². The molecule has 1 aliphatic heterocycles. The first kappa shape index (κ1) is 24.2. The van der Waals surface area contributed by atoms with Crippen LogP contribution in [0.2, 0.25) is 0 Å². The van der Waals surface area contributed by atoms with Crippen LogP contribution < -0.4 is 10.2 Å². The Balaban J connectivity index is 1.39. The molecule has 3 aromatic heterocycles. The second-order valence-corrected chi connectivity index (χ2v) is 10.9. The Kier molecular flexibility index (Phi) is 6.79. The second kappa shape index (κ2) is 9.84. The molecule has 0 saturated carbocycles. The molecule has 0 amide bonds. The zero-order chi connectivity index (χ0) is 24.7. The monoisotopic (exact) mass is 517 g/mol. The van der Waals surface area contributed by atoms with Gasteiger partial charge in [0.05, 0.1) is 23.2 Å². The maximum absolute atomic E-state index is 10.5. The molecule has 11 nitrogen and oxygen atoms in total. The molecular formula is C22H27N7O4S2. The molecule has 13 heteroatoms. The minimum atomic E-state index is -1.23. The van der Waals surface area contributed by atoms with Gasteiger partial charge in [-0.05, 0) is 19.1 Å². The number of fused-ring (bicyclic) bond motifs is 2. The number of anilines is 2. The predicted octanol–water partition coefficient (Wildman–Crippen LogP) is 1.71. The zero-order valence-electron chi connectivity index (χ0n) is 19.4. The normalized spacial score (nSPS) is 23.3. The maximum Gasteiger partial charge on any atom is 0.228 e. The minimum Gasteiger partial charge on any atom is -0.394 e. The molecule has 186 valence electrons. The molecule has 4 aromatic rings. The second-order valence-electron chi connectivity index (χ2n) is 8.62. The number of ether oxygens (including phenoxy) is 1. The van der Waals surface area contributed by atoms with Gasteiger partial charge in [-0.1, -0.05) is 23.9 Å². The van der Waals surface area contributed by atoms with Crippen LogP contribution in [0.15, 0.2) is 34.9 Å². The number of nitrogens with one attached hydrogen (secondary N) is 1. The fourth-order valence-electron chi connectivity index (χ4n) is 3.89. The summed E-state index contributed by atoms with van der Waals surface area (Å²) in [5, 5.41) is 33.6. The summed E-state index contributed by atoms with van der Waals surface area (Å²) in [6, 6.07) is 8.13. The van der Waals surface area contributed by atoms with Gasteiger partial charge >= 0.3 is 0 Å². The third kappa shape index (κ3) is 4.67. The predicted molar refractivity (Wildman–Crippen MR) is 136 cm³/mol. The van der Waals surface area contributed by atoms with E-state index in [-0.39, 0.29) is 6.04 Å². The van der Waals surface area contributed by atoms with Gasteiger partial charge in [0.1, 0.15) is 18.3 Å². The zero-order valence-corrected chi connectivity index (χ0v) is 21.1. The summed E-state index contributed by atoms with van der Waals surface area (Å²) in [6.45, 7) is 1.66. The lowest BCUT2D eigenvalue weighted by Crippen LogP contribution is -2.33. The van der Waals surface area contributed by atoms with Crippen molar-refractivity contribution < 1.29 is 20.1 Å². The maximum atomic E-state index is 10.5. The third-order valence-electron chi connectivity index (χ3n) is 5.72. The molecule has 0 radical (unpaired) electrons. The number of para-hydroxylation sites is 1. The van der Waals surface area contributed by atoms with E-state index in [9.17, 15) is 15.3 Å². The number of aliphatic hydroxyl groups excluding tert-OH is 3. The average molecular weight is 518 g/mol. The van der Waals surface area contributed by atoms with Crippen LogP contribution in [0, 0.1) is 0 Å². The highest BCUT2D eigenvalue weighted by Gasteiger charge is 2.44. The van der Waals surface area contributed by atoms with Crippen LogP contribution in [0.3, 0.4) is 0 Å². The first-order valence-corrected chi connectivity index (χ1v) is 12.9. The number of thiazole rings is 1. The quantitative estimate of drug-likeness (QED) is 0.254. The summed E-state index contributed by atoms with van der Waals surface area (Å²) < 4.78 is 9.43. The van der Waals surface area contributed by atoms with E-state index >= 15 is 0 Å². The Bertz CT molecular complexity index is 1300. The van der Waals surface area contributed by atoms with Crippen molar-refractivity contribution in [3.05, 3.63) is 30.6 Å². The summed E-state index contributed by atoms with van der Waals surface area (Å²) in [5.74, 6) is 1.78. The Morgan fingerprint density at radius 1 is 1.20 bits per heavy atom. The summed E-state index contributed by atoms with van der Waals surface area (Å²) in [5.41, 5.74) is 1.97. The first-order chi connectivity index (χ1) is 16.9. The highest BCUT2D eigenvalue weighted by molar-refractivity contribution is 8.01. The van der Waals surface area contributed by atoms with Crippen molar-refractivity contribution in [2.45, 2.75) is 41.8 Å². The van der Waals surface area contributed by atoms with Crippen molar-refractivity contribution >= 4 is 56.2 Å². The number of aromatic nitrogens is 5. The molecule has 1 fully saturated rings. The van der Waals surface area contributed by atoms with Crippen LogP contribution in [0.5, 0.6) is 0 Å². The summed E-state index contributed by atoms with van der Waals surface area (Å²) in [4.78, 5) is 20.2. The highest BCUT2D eigenvalue weighted by atomic mass is 32.2. The lowest BCUT2D eigenvalue weighted by Gasteiger charge is -2.19. The standard InChI is InChI=1S/C22H27N7O4S2/c1-11(9-34-22-25-12-6-4-5-7-14(12)35-22)24-18-15-19(27-21(26-18)28(2)3)29(10-23-15)20-17(32)16(31)13(8-30)33-20/h4-7,10-11,13,16-17,20,30-32H,8-9H2,1-3H3,(H,24,26,27)/t11?,13-,16?,17?,20-/m1/s1. The van der Waals surface area contributed by atoms with Crippen molar-refractivity contribution in [2.24, 2.45) is 0 Å². The minimum absolute atomic E-state index is 0.0409. The lowest BCUT2D eigenvalue weighted by atomic mass is 10.1. The van der Waals surface area contributed by atoms with Gasteiger partial charge in [-0.25, -0.2) is 9.97 Å². The van der Waals surface area contributed by atoms with E-state index in [2.05, 4.69) is 38.2 Å². The largest absolute Gasteiger partial charge is 0.394 e. The Morgan fingerprint density at radius 2 is 2.00 bits per heavy atom. The summed E-state index contributed by atoms with van der Waals surface area (Å²) in [6.07, 6.45) is -2.76. The fraction of sp³-hybridized carbons (Fsp3) is 0.455. The van der Waals surface area contributed by atoms with Crippen LogP contribution in [-0.4, -0.2) is 90.6 Å². The average Bonchev–Trinajstić information content (AvgIpc) is 3.53. The van der Waals surface area contributed by atoms with Gasteiger partial charge in [0, 0.05) is 25.9 Å². The highest BCUT2D eigenvalue weighted by Crippen LogP contribution is 2.34. The van der Waals surface area contributed by atoms with E-state index in [0.29, 0.717) is 22.9 Å². The topological polar surface area (TPSA) is 142 Å². The van der Waals surface area contributed by atoms with Gasteiger partial charge in [0.25, 0.3) is 0 Å². The number of imidazole rings is 1. The third-order valence-corrected chi connectivity index (χ3v) is 8.15. The number of thioether (sulfide) groups is 1. The number of nitrogens with zero attached hydrogens (tertiary/aromatic N) is 6. The number of aliphatic hydroxyl groups is 3. The Labute approximate surface area is 209 Å². The number of rotatable bonds is 8. The van der Waals surface area contributed by atoms with Crippen LogP contribution in [0.1, 0.15) is 13.2 Å². The van der Waals surface area contributed by atoms with E-state index in [0.717, 1.165) is 15.6 Å². The van der Waals surface area contributed by atoms with E-state index in [1.54, 1.807) is 32.6 Å². The molecule has 4 N–H and O–H groups in total. The fourth-order valence-corrected chi connectivity index (χ4v) is 5.93. The molecule has 0 aliphatic carbocycles. The molecule has 5 rings (SSSR count). The molecule has 5 atom stereocenters. The van der Waals surface area contributed by atoms with Gasteiger partial charge in [-0.3, -0.25) is 4.57 Å². The van der Waals surface area contributed by atoms with Gasteiger partial charge < -0.3 is 30.3 Å². The summed E-state index contributed by atoms with van der Waals surface area (Å²) in [7, 11) is 3.68. The van der Waals surface area contributed by atoms with Gasteiger partial charge in [0.2, 0.25) is 5.95 Å². The van der Waals surface area contributed by atoms with E-state index in [1.807, 2.05) is 32.3 Å². The Morgan fingerprint density at radius 3 is 2.71 bits per heavy atom. The van der Waals surface area contributed by atoms with Crippen molar-refractivity contribution in [1.29, 1.82) is 0 Å². The van der Waals surface area contributed by atoms with E-state index < -0.39 is 31.1 Å². The van der Waals surface area contributed by atoms with Crippen LogP contribution in [-0.2, 0) is 4.74 Å². The number of benzene rings is 1. The van der Waals surface area contributed by atoms with Crippen LogP contribution >= 0.6 is 23.1 Å². The molecule has 1 aliphatic rings. The molecule has 1 aromatic carbocycles. The number of hydrogen-bond acceptors (Lipinski definition) is 12. The summed E-state index contributed by atoms with van der Waals surface area (Å²) >= 11 is 3.35. The molecule has 35 heavy (non-hydrogen) atoms. The van der Waals surface area contributed by atoms with Crippen LogP contribution in [0.4, 0.5) is 11.8 Å².